The van der Waals surface area contributed by atoms with Crippen LogP contribution in [0.4, 0.5) is 0 Å². The van der Waals surface area contributed by atoms with Crippen LogP contribution < -0.4 is 0 Å². The van der Waals surface area contributed by atoms with E-state index < -0.39 is 5.60 Å². The van der Waals surface area contributed by atoms with Crippen LogP contribution in [0, 0.1) is 0 Å². The standard InChI is InChI=1S/C6H8O3/c1-6(2)4(7)3-5(8-3)9-6/h3,5H,1-2H3. The van der Waals surface area contributed by atoms with E-state index in [1.165, 1.54) is 0 Å². The van der Waals surface area contributed by atoms with Gasteiger partial charge in [-0.1, -0.05) is 0 Å². The number of epoxide rings is 1. The summed E-state index contributed by atoms with van der Waals surface area (Å²) in [6, 6.07) is 0. The van der Waals surface area contributed by atoms with Gasteiger partial charge in [-0.05, 0) is 13.8 Å². The van der Waals surface area contributed by atoms with Gasteiger partial charge in [0.25, 0.3) is 0 Å². The largest absolute Gasteiger partial charge is 0.336 e. The molecule has 9 heavy (non-hydrogen) atoms. The fourth-order valence-corrected chi connectivity index (χ4v) is 1.07. The molecule has 0 aromatic heterocycles. The number of ether oxygens (including phenoxy) is 2. The average Bonchev–Trinajstić information content (AvgIpc) is 2.39. The fourth-order valence-electron chi connectivity index (χ4n) is 1.07. The first kappa shape index (κ1) is 5.38. The van der Waals surface area contributed by atoms with Crippen molar-refractivity contribution >= 4 is 5.78 Å². The van der Waals surface area contributed by atoms with Crippen LogP contribution in [-0.2, 0) is 14.3 Å². The van der Waals surface area contributed by atoms with E-state index >= 15 is 0 Å². The van der Waals surface area contributed by atoms with Gasteiger partial charge in [-0.25, -0.2) is 0 Å². The van der Waals surface area contributed by atoms with E-state index in [0.29, 0.717) is 0 Å². The molecule has 3 nitrogen and oxygen atoms in total. The van der Waals surface area contributed by atoms with Crippen LogP contribution in [0.15, 0.2) is 0 Å². The molecule has 0 aromatic carbocycles. The van der Waals surface area contributed by atoms with Gasteiger partial charge < -0.3 is 9.47 Å². The van der Waals surface area contributed by atoms with Crippen molar-refractivity contribution in [3.63, 3.8) is 0 Å². The Kier molecular flexibility index (Phi) is 0.716. The van der Waals surface area contributed by atoms with Crippen molar-refractivity contribution in [1.82, 2.24) is 0 Å². The van der Waals surface area contributed by atoms with Gasteiger partial charge in [0.2, 0.25) is 0 Å². The normalized spacial score (nSPS) is 44.9. The van der Waals surface area contributed by atoms with Gasteiger partial charge in [-0.3, -0.25) is 4.79 Å². The monoisotopic (exact) mass is 128 g/mol. The number of carbonyl (C=O) groups excluding carboxylic acids is 1. The van der Waals surface area contributed by atoms with Crippen LogP contribution in [-0.4, -0.2) is 23.8 Å². The molecule has 0 radical (unpaired) electrons. The van der Waals surface area contributed by atoms with Crippen LogP contribution in [0.1, 0.15) is 13.8 Å². The predicted octanol–water partition coefficient (Wildman–Crippen LogP) is 0.0892. The van der Waals surface area contributed by atoms with Crippen molar-refractivity contribution in [2.24, 2.45) is 0 Å². The zero-order valence-electron chi connectivity index (χ0n) is 5.38. The number of Topliss-reactive ketones (excluding diaryl/α,β-unsaturated/α-hetero) is 1. The molecule has 0 amide bonds. The molecule has 2 fully saturated rings. The second kappa shape index (κ2) is 1.20. The molecule has 50 valence electrons. The first-order valence-electron chi connectivity index (χ1n) is 2.99. The summed E-state index contributed by atoms with van der Waals surface area (Å²) in [7, 11) is 0. The Balaban J connectivity index is 2.26. The summed E-state index contributed by atoms with van der Waals surface area (Å²) in [4.78, 5) is 11.0. The second-order valence-corrected chi connectivity index (χ2v) is 2.92. The van der Waals surface area contributed by atoms with E-state index in [0.717, 1.165) is 0 Å². The third-order valence-corrected chi connectivity index (χ3v) is 1.71. The summed E-state index contributed by atoms with van der Waals surface area (Å²) in [6.07, 6.45) is -0.451. The topological polar surface area (TPSA) is 38.8 Å². The lowest BCUT2D eigenvalue weighted by molar-refractivity contribution is -0.143. The number of hydrogen-bond donors (Lipinski definition) is 0. The zero-order valence-corrected chi connectivity index (χ0v) is 5.38. The third kappa shape index (κ3) is 0.559. The van der Waals surface area contributed by atoms with Crippen molar-refractivity contribution in [1.29, 1.82) is 0 Å². The smallest absolute Gasteiger partial charge is 0.198 e. The van der Waals surface area contributed by atoms with Crippen LogP contribution >= 0.6 is 0 Å². The maximum absolute atomic E-state index is 11.0. The molecule has 2 rings (SSSR count). The quantitative estimate of drug-likeness (QED) is 0.434. The molecular formula is C6H8O3. The lowest BCUT2D eigenvalue weighted by atomic mass is 10.0. The maximum Gasteiger partial charge on any atom is 0.198 e. The summed E-state index contributed by atoms with van der Waals surface area (Å²) in [5.74, 6) is 0.0764. The van der Waals surface area contributed by atoms with Crippen LogP contribution in [0.5, 0.6) is 0 Å². The van der Waals surface area contributed by atoms with Gasteiger partial charge in [-0.15, -0.1) is 0 Å². The zero-order chi connectivity index (χ0) is 6.65. The van der Waals surface area contributed by atoms with Crippen LogP contribution in [0.3, 0.4) is 0 Å². The Morgan fingerprint density at radius 2 is 2.22 bits per heavy atom. The second-order valence-electron chi connectivity index (χ2n) is 2.92. The van der Waals surface area contributed by atoms with Crippen molar-refractivity contribution in [3.05, 3.63) is 0 Å². The summed E-state index contributed by atoms with van der Waals surface area (Å²) >= 11 is 0. The van der Waals surface area contributed by atoms with E-state index in [2.05, 4.69) is 0 Å². The lowest BCUT2D eigenvalue weighted by Gasteiger charge is -2.15. The molecule has 2 aliphatic rings. The van der Waals surface area contributed by atoms with Crippen molar-refractivity contribution in [3.8, 4) is 0 Å². The van der Waals surface area contributed by atoms with Gasteiger partial charge in [0, 0.05) is 0 Å². The first-order chi connectivity index (χ1) is 4.11. The minimum absolute atomic E-state index is 0.0764. The number of hydrogen-bond acceptors (Lipinski definition) is 3. The Hall–Kier alpha value is -0.410. The molecule has 0 aromatic rings. The van der Waals surface area contributed by atoms with Gasteiger partial charge >= 0.3 is 0 Å². The maximum atomic E-state index is 11.0. The highest BCUT2D eigenvalue weighted by Gasteiger charge is 2.60. The third-order valence-electron chi connectivity index (χ3n) is 1.71. The summed E-state index contributed by atoms with van der Waals surface area (Å²) in [5.41, 5.74) is -0.590. The van der Waals surface area contributed by atoms with E-state index in [9.17, 15) is 4.79 Å². The number of fused-ring (bicyclic) bond motifs is 1. The van der Waals surface area contributed by atoms with Gasteiger partial charge in [0.05, 0.1) is 0 Å². The van der Waals surface area contributed by atoms with Gasteiger partial charge in [0.1, 0.15) is 5.60 Å². The van der Waals surface area contributed by atoms with Crippen molar-refractivity contribution in [2.75, 3.05) is 0 Å². The molecule has 0 bridgehead atoms. The average molecular weight is 128 g/mol. The molecule has 2 heterocycles. The number of rotatable bonds is 0. The summed E-state index contributed by atoms with van der Waals surface area (Å²) in [5, 5.41) is 0. The molecule has 2 unspecified atom stereocenters. The highest BCUT2D eigenvalue weighted by Crippen LogP contribution is 2.39. The summed E-state index contributed by atoms with van der Waals surface area (Å²) < 4.78 is 9.99. The minimum atomic E-state index is -0.590. The molecule has 0 spiro atoms. The van der Waals surface area contributed by atoms with Crippen LogP contribution in [0.25, 0.3) is 0 Å². The van der Waals surface area contributed by atoms with Crippen molar-refractivity contribution < 1.29 is 14.3 Å². The highest BCUT2D eigenvalue weighted by molar-refractivity contribution is 5.94. The van der Waals surface area contributed by atoms with Gasteiger partial charge in [0.15, 0.2) is 18.2 Å². The van der Waals surface area contributed by atoms with Gasteiger partial charge in [-0.2, -0.15) is 0 Å². The molecule has 0 aliphatic carbocycles. The molecule has 3 heteroatoms. The first-order valence-corrected chi connectivity index (χ1v) is 2.99. The molecule has 2 saturated heterocycles. The molecule has 0 saturated carbocycles. The van der Waals surface area contributed by atoms with E-state index in [-0.39, 0.29) is 18.2 Å². The Morgan fingerprint density at radius 1 is 1.56 bits per heavy atom. The summed E-state index contributed by atoms with van der Waals surface area (Å²) in [6.45, 7) is 3.54. The SMILES string of the molecule is CC1(C)OC2OC2C1=O. The Morgan fingerprint density at radius 3 is 2.44 bits per heavy atom. The molecule has 2 aliphatic heterocycles. The lowest BCUT2D eigenvalue weighted by Crippen LogP contribution is -2.32. The van der Waals surface area contributed by atoms with E-state index in [1.54, 1.807) is 13.8 Å². The van der Waals surface area contributed by atoms with E-state index in [1.807, 2.05) is 0 Å². The molecule has 0 N–H and O–H groups in total. The Bertz CT molecular complexity index is 173. The minimum Gasteiger partial charge on any atom is -0.336 e. The molecular weight excluding hydrogens is 120 g/mol. The van der Waals surface area contributed by atoms with E-state index in [4.69, 9.17) is 9.47 Å². The fraction of sp³-hybridized carbons (Fsp3) is 0.833. The van der Waals surface area contributed by atoms with Crippen LogP contribution in [0.2, 0.25) is 0 Å². The Labute approximate surface area is 52.9 Å². The van der Waals surface area contributed by atoms with Crippen molar-refractivity contribution in [2.45, 2.75) is 31.8 Å². The molecule has 2 atom stereocenters. The highest BCUT2D eigenvalue weighted by atomic mass is 16.8. The number of carbonyl (C=O) groups is 1. The number of ketones is 1. The predicted molar refractivity (Wildman–Crippen MR) is 28.8 cm³/mol.